The SMILES string of the molecule is CC1(F)CN2C(=O)CCOc3ccccc3-c3cccc(c3)CC2C1NS(=O)(=O)CF. The number of hydrogen-bond donors (Lipinski definition) is 1. The monoisotopic (exact) mass is 450 g/mol. The number of nitrogens with zero attached hydrogens (tertiary/aromatic N) is 1. The number of nitrogens with one attached hydrogen (secondary N) is 1. The van der Waals surface area contributed by atoms with E-state index in [1.54, 1.807) is 0 Å². The Balaban J connectivity index is 1.77. The molecule has 166 valence electrons. The zero-order valence-corrected chi connectivity index (χ0v) is 17.9. The lowest BCUT2D eigenvalue weighted by atomic mass is 9.92. The molecule has 1 saturated heterocycles. The summed E-state index contributed by atoms with van der Waals surface area (Å²) in [6.07, 6.45) is 0.235. The van der Waals surface area contributed by atoms with E-state index in [0.29, 0.717) is 5.75 Å². The molecule has 0 radical (unpaired) electrons. The Bertz CT molecular complexity index is 1090. The lowest BCUT2D eigenvalue weighted by molar-refractivity contribution is -0.133. The van der Waals surface area contributed by atoms with Crippen LogP contribution >= 0.6 is 0 Å². The number of benzene rings is 2. The normalized spacial score (nSPS) is 26.3. The van der Waals surface area contributed by atoms with Crippen LogP contribution in [0.25, 0.3) is 11.1 Å². The molecule has 2 aromatic carbocycles. The molecule has 1 fully saturated rings. The molecule has 6 nitrogen and oxygen atoms in total. The quantitative estimate of drug-likeness (QED) is 0.780. The molecule has 3 atom stereocenters. The van der Waals surface area contributed by atoms with Gasteiger partial charge in [0.15, 0.2) is 0 Å². The van der Waals surface area contributed by atoms with Crippen molar-refractivity contribution in [1.29, 1.82) is 0 Å². The Morgan fingerprint density at radius 3 is 2.77 bits per heavy atom. The topological polar surface area (TPSA) is 75.7 Å². The fourth-order valence-corrected chi connectivity index (χ4v) is 5.24. The molecule has 0 saturated carbocycles. The average Bonchev–Trinajstić information content (AvgIpc) is 2.98. The summed E-state index contributed by atoms with van der Waals surface area (Å²) in [5.74, 6) is 0.305. The minimum atomic E-state index is -4.32. The number of fused-ring (bicyclic) bond motifs is 5. The van der Waals surface area contributed by atoms with Crippen LogP contribution in [0.2, 0.25) is 0 Å². The van der Waals surface area contributed by atoms with E-state index in [1.807, 2.05) is 48.5 Å². The molecule has 1 amide bonds. The van der Waals surface area contributed by atoms with Crippen molar-refractivity contribution in [1.82, 2.24) is 9.62 Å². The highest BCUT2D eigenvalue weighted by atomic mass is 32.2. The molecular formula is C22H24F2N2O4S. The van der Waals surface area contributed by atoms with Crippen LogP contribution in [0, 0.1) is 0 Å². The van der Waals surface area contributed by atoms with Crippen molar-refractivity contribution in [3.8, 4) is 16.9 Å². The van der Waals surface area contributed by atoms with Crippen molar-refractivity contribution in [3.63, 3.8) is 0 Å². The first-order chi connectivity index (χ1) is 14.7. The Hall–Kier alpha value is -2.52. The fraction of sp³-hybridized carbons (Fsp3) is 0.409. The number of halogens is 2. The summed E-state index contributed by atoms with van der Waals surface area (Å²) >= 11 is 0. The highest BCUT2D eigenvalue weighted by Crippen LogP contribution is 2.36. The summed E-state index contributed by atoms with van der Waals surface area (Å²) in [5.41, 5.74) is 0.515. The van der Waals surface area contributed by atoms with Crippen LogP contribution in [-0.4, -0.2) is 56.1 Å². The third-order valence-electron chi connectivity index (χ3n) is 5.83. The molecule has 0 spiro atoms. The van der Waals surface area contributed by atoms with Crippen molar-refractivity contribution >= 4 is 15.9 Å². The van der Waals surface area contributed by atoms with Gasteiger partial charge in [0.1, 0.15) is 11.4 Å². The summed E-state index contributed by atoms with van der Waals surface area (Å²) in [6, 6.07) is 11.3. The van der Waals surface area contributed by atoms with Gasteiger partial charge in [-0.15, -0.1) is 0 Å². The second kappa shape index (κ2) is 8.20. The molecule has 2 heterocycles. The lowest BCUT2D eigenvalue weighted by Gasteiger charge is -2.30. The third-order valence-corrected chi connectivity index (χ3v) is 6.73. The third kappa shape index (κ3) is 4.43. The van der Waals surface area contributed by atoms with E-state index in [4.69, 9.17) is 4.74 Å². The number of sulfonamides is 1. The molecule has 0 aromatic heterocycles. The molecule has 4 rings (SSSR count). The number of carbonyl (C=O) groups excluding carboxylic acids is 1. The van der Waals surface area contributed by atoms with Gasteiger partial charge in [0.25, 0.3) is 0 Å². The van der Waals surface area contributed by atoms with Crippen LogP contribution in [-0.2, 0) is 21.2 Å². The van der Waals surface area contributed by atoms with Crippen LogP contribution in [0.1, 0.15) is 18.9 Å². The van der Waals surface area contributed by atoms with Crippen LogP contribution in [0.15, 0.2) is 48.5 Å². The van der Waals surface area contributed by atoms with Crippen molar-refractivity contribution in [2.45, 2.75) is 37.5 Å². The standard InChI is InChI=1S/C22H24F2N2O4S/c1-22(24)13-26-18(21(22)25-31(28,29)14-23)12-15-5-4-6-16(11-15)17-7-2-3-8-19(17)30-10-9-20(26)27/h2-8,11,18,21,25H,9-10,12-14H2,1H3. The molecule has 2 aromatic rings. The van der Waals surface area contributed by atoms with Crippen molar-refractivity contribution in [3.05, 3.63) is 54.1 Å². The number of amides is 1. The van der Waals surface area contributed by atoms with Gasteiger partial charge in [-0.1, -0.05) is 42.5 Å². The zero-order chi connectivity index (χ0) is 22.2. The van der Waals surface area contributed by atoms with E-state index in [9.17, 15) is 17.6 Å². The molecule has 0 aliphatic carbocycles. The second-order valence-electron chi connectivity index (χ2n) is 8.19. The number of rotatable bonds is 3. The number of hydrogen-bond acceptors (Lipinski definition) is 4. The maximum Gasteiger partial charge on any atom is 0.241 e. The maximum absolute atomic E-state index is 15.5. The molecular weight excluding hydrogens is 426 g/mol. The molecule has 1 N–H and O–H groups in total. The van der Waals surface area contributed by atoms with Crippen molar-refractivity contribution < 1.29 is 26.7 Å². The highest BCUT2D eigenvalue weighted by Gasteiger charge is 2.53. The summed E-state index contributed by atoms with van der Waals surface area (Å²) in [5, 5.41) is 0. The molecule has 31 heavy (non-hydrogen) atoms. The van der Waals surface area contributed by atoms with Gasteiger partial charge in [0, 0.05) is 5.56 Å². The van der Waals surface area contributed by atoms with E-state index in [-0.39, 0.29) is 31.9 Å². The predicted octanol–water partition coefficient (Wildman–Crippen LogP) is 2.83. The van der Waals surface area contributed by atoms with E-state index < -0.39 is 33.8 Å². The molecule has 2 aliphatic heterocycles. The Labute approximate surface area is 180 Å². The average molecular weight is 451 g/mol. The molecule has 2 bridgehead atoms. The number of alkyl halides is 2. The fourth-order valence-electron chi connectivity index (χ4n) is 4.39. The van der Waals surface area contributed by atoms with Crippen LogP contribution in [0.4, 0.5) is 8.78 Å². The first kappa shape index (κ1) is 21.7. The van der Waals surface area contributed by atoms with Gasteiger partial charge in [-0.05, 0) is 30.5 Å². The lowest BCUT2D eigenvalue weighted by Crippen LogP contribution is -2.53. The zero-order valence-electron chi connectivity index (χ0n) is 17.1. The summed E-state index contributed by atoms with van der Waals surface area (Å²) in [6.45, 7) is 1.05. The number of ether oxygens (including phenoxy) is 1. The van der Waals surface area contributed by atoms with E-state index in [1.165, 1.54) is 11.8 Å². The van der Waals surface area contributed by atoms with Gasteiger partial charge in [-0.25, -0.2) is 21.9 Å². The van der Waals surface area contributed by atoms with Crippen molar-refractivity contribution in [2.75, 3.05) is 19.2 Å². The first-order valence-electron chi connectivity index (χ1n) is 10.1. The smallest absolute Gasteiger partial charge is 0.241 e. The van der Waals surface area contributed by atoms with Gasteiger partial charge in [0.2, 0.25) is 21.9 Å². The number of carbonyl (C=O) groups is 1. The van der Waals surface area contributed by atoms with E-state index in [0.717, 1.165) is 16.7 Å². The summed E-state index contributed by atoms with van der Waals surface area (Å²) < 4.78 is 60.3. The summed E-state index contributed by atoms with van der Waals surface area (Å²) in [4.78, 5) is 14.3. The molecule has 2 aliphatic rings. The first-order valence-corrected chi connectivity index (χ1v) is 11.7. The largest absolute Gasteiger partial charge is 0.492 e. The predicted molar refractivity (Wildman–Crippen MR) is 113 cm³/mol. The van der Waals surface area contributed by atoms with Crippen LogP contribution in [0.3, 0.4) is 0 Å². The Morgan fingerprint density at radius 2 is 2.00 bits per heavy atom. The Kier molecular flexibility index (Phi) is 5.74. The van der Waals surface area contributed by atoms with Crippen LogP contribution in [0.5, 0.6) is 5.75 Å². The van der Waals surface area contributed by atoms with Gasteiger partial charge in [0.05, 0.1) is 31.7 Å². The van der Waals surface area contributed by atoms with Gasteiger partial charge < -0.3 is 9.64 Å². The van der Waals surface area contributed by atoms with Crippen molar-refractivity contribution in [2.24, 2.45) is 0 Å². The maximum atomic E-state index is 15.5. The summed E-state index contributed by atoms with van der Waals surface area (Å²) in [7, 11) is -4.32. The number of para-hydroxylation sites is 1. The van der Waals surface area contributed by atoms with Gasteiger partial charge in [-0.3, -0.25) is 4.79 Å². The Morgan fingerprint density at radius 1 is 1.23 bits per heavy atom. The second-order valence-corrected chi connectivity index (χ2v) is 9.87. The van der Waals surface area contributed by atoms with Gasteiger partial charge in [-0.2, -0.15) is 0 Å². The highest BCUT2D eigenvalue weighted by molar-refractivity contribution is 7.89. The molecule has 9 heteroatoms. The minimum absolute atomic E-state index is 0.0113. The molecule has 3 unspecified atom stereocenters. The minimum Gasteiger partial charge on any atom is -0.492 e. The van der Waals surface area contributed by atoms with E-state index in [2.05, 4.69) is 4.72 Å². The van der Waals surface area contributed by atoms with E-state index >= 15 is 4.39 Å². The van der Waals surface area contributed by atoms with Gasteiger partial charge >= 0.3 is 0 Å². The van der Waals surface area contributed by atoms with Crippen LogP contribution < -0.4 is 9.46 Å².